The molecule has 0 unspecified atom stereocenters. The van der Waals surface area contributed by atoms with E-state index in [9.17, 15) is 4.79 Å². The molecule has 1 aromatic carbocycles. The summed E-state index contributed by atoms with van der Waals surface area (Å²) >= 11 is 1.50. The Kier molecular flexibility index (Phi) is 5.81. The third-order valence-corrected chi connectivity index (χ3v) is 5.47. The van der Waals surface area contributed by atoms with Gasteiger partial charge in [0.1, 0.15) is 0 Å². The van der Waals surface area contributed by atoms with E-state index in [1.165, 1.54) is 17.3 Å². The maximum atomic E-state index is 12.6. The maximum absolute atomic E-state index is 12.6. The zero-order chi connectivity index (χ0) is 17.8. The molecule has 3 rings (SSSR count). The lowest BCUT2D eigenvalue weighted by molar-refractivity contribution is -0.134. The van der Waals surface area contributed by atoms with E-state index in [2.05, 4.69) is 43.1 Å². The number of benzene rings is 1. The van der Waals surface area contributed by atoms with Crippen molar-refractivity contribution in [3.8, 4) is 5.69 Å². The second-order valence-corrected chi connectivity index (χ2v) is 7.83. The highest BCUT2D eigenvalue weighted by Crippen LogP contribution is 2.26. The molecule has 1 aromatic heterocycles. The quantitative estimate of drug-likeness (QED) is 0.768. The third kappa shape index (κ3) is 4.25. The second kappa shape index (κ2) is 8.06. The van der Waals surface area contributed by atoms with Gasteiger partial charge in [0.25, 0.3) is 0 Å². The van der Waals surface area contributed by atoms with Crippen molar-refractivity contribution in [2.75, 3.05) is 26.3 Å². The lowest BCUT2D eigenvalue weighted by atomic mass is 10.0. The summed E-state index contributed by atoms with van der Waals surface area (Å²) in [5, 5.41) is 0.667. The molecule has 134 valence electrons. The van der Waals surface area contributed by atoms with Crippen LogP contribution < -0.4 is 0 Å². The van der Waals surface area contributed by atoms with Gasteiger partial charge in [0, 0.05) is 31.2 Å². The van der Waals surface area contributed by atoms with Gasteiger partial charge in [0.15, 0.2) is 5.16 Å². The molecule has 0 saturated carbocycles. The largest absolute Gasteiger partial charge is 0.378 e. The van der Waals surface area contributed by atoms with E-state index < -0.39 is 0 Å². The summed E-state index contributed by atoms with van der Waals surface area (Å²) in [6, 6.07) is 8.51. The summed E-state index contributed by atoms with van der Waals surface area (Å²) in [6.45, 7) is 8.92. The fourth-order valence-electron chi connectivity index (χ4n) is 2.84. The van der Waals surface area contributed by atoms with Crippen LogP contribution in [0.15, 0.2) is 41.8 Å². The Morgan fingerprint density at radius 3 is 2.48 bits per heavy atom. The van der Waals surface area contributed by atoms with Crippen molar-refractivity contribution in [3.63, 3.8) is 0 Å². The number of aromatic nitrogens is 2. The van der Waals surface area contributed by atoms with Crippen LogP contribution in [0.2, 0.25) is 0 Å². The van der Waals surface area contributed by atoms with Crippen LogP contribution >= 0.6 is 11.8 Å². The number of nitrogens with zero attached hydrogens (tertiary/aromatic N) is 3. The molecule has 0 radical (unpaired) electrons. The van der Waals surface area contributed by atoms with E-state index in [1.54, 1.807) is 6.20 Å². The van der Waals surface area contributed by atoms with E-state index in [1.807, 2.05) is 22.6 Å². The number of carbonyl (C=O) groups excluding carboxylic acids is 1. The first-order chi connectivity index (χ1) is 12.1. The van der Waals surface area contributed by atoms with Crippen LogP contribution in [0.1, 0.15) is 32.3 Å². The summed E-state index contributed by atoms with van der Waals surface area (Å²) < 4.78 is 7.36. The fourth-order valence-corrected chi connectivity index (χ4v) is 3.81. The Morgan fingerprint density at radius 2 is 1.84 bits per heavy atom. The van der Waals surface area contributed by atoms with Crippen molar-refractivity contribution >= 4 is 17.7 Å². The topological polar surface area (TPSA) is 47.4 Å². The monoisotopic (exact) mass is 359 g/mol. The highest BCUT2D eigenvalue weighted by atomic mass is 32.2. The Labute approximate surface area is 153 Å². The smallest absolute Gasteiger partial charge is 0.236 e. The van der Waals surface area contributed by atoms with Crippen molar-refractivity contribution in [2.24, 2.45) is 0 Å². The first-order valence-electron chi connectivity index (χ1n) is 8.73. The standard InChI is InChI=1S/C19H25N3O2S/c1-14(2)16-4-6-17(7-5-16)22-9-8-20-19(22)25-15(3)18(23)21-10-12-24-13-11-21/h4-9,14-15H,10-13H2,1-3H3/t15-/m1/s1. The molecule has 2 heterocycles. The van der Waals surface area contributed by atoms with Gasteiger partial charge in [-0.2, -0.15) is 0 Å². The lowest BCUT2D eigenvalue weighted by Crippen LogP contribution is -2.44. The minimum Gasteiger partial charge on any atom is -0.378 e. The molecule has 1 saturated heterocycles. The van der Waals surface area contributed by atoms with Crippen molar-refractivity contribution in [1.82, 2.24) is 14.5 Å². The number of amides is 1. The maximum Gasteiger partial charge on any atom is 0.236 e. The molecule has 0 spiro atoms. The number of rotatable bonds is 5. The van der Waals surface area contributed by atoms with Gasteiger partial charge in [0.2, 0.25) is 5.91 Å². The van der Waals surface area contributed by atoms with Crippen LogP contribution in [0.3, 0.4) is 0 Å². The van der Waals surface area contributed by atoms with Crippen molar-refractivity contribution in [1.29, 1.82) is 0 Å². The average Bonchev–Trinajstić information content (AvgIpc) is 3.10. The van der Waals surface area contributed by atoms with Crippen LogP contribution in [0.4, 0.5) is 0 Å². The van der Waals surface area contributed by atoms with Gasteiger partial charge in [-0.3, -0.25) is 9.36 Å². The van der Waals surface area contributed by atoms with Gasteiger partial charge in [-0.1, -0.05) is 37.7 Å². The molecule has 1 amide bonds. The zero-order valence-corrected chi connectivity index (χ0v) is 15.8. The summed E-state index contributed by atoms with van der Waals surface area (Å²) in [6.07, 6.45) is 3.73. The van der Waals surface area contributed by atoms with Crippen molar-refractivity contribution in [3.05, 3.63) is 42.2 Å². The molecule has 1 atom stereocenters. The SMILES string of the molecule is CC(C)c1ccc(-n2ccnc2S[C@H](C)C(=O)N2CCOCC2)cc1. The molecule has 0 bridgehead atoms. The Morgan fingerprint density at radius 1 is 1.16 bits per heavy atom. The summed E-state index contributed by atoms with van der Waals surface area (Å²) in [4.78, 5) is 18.9. The highest BCUT2D eigenvalue weighted by Gasteiger charge is 2.24. The van der Waals surface area contributed by atoms with Crippen LogP contribution in [-0.4, -0.2) is 51.9 Å². The molecule has 0 aliphatic carbocycles. The number of morpholine rings is 1. The lowest BCUT2D eigenvalue weighted by Gasteiger charge is -2.29. The van der Waals surface area contributed by atoms with Crippen LogP contribution in [0.25, 0.3) is 5.69 Å². The normalized spacial score (nSPS) is 16.2. The van der Waals surface area contributed by atoms with E-state index in [4.69, 9.17) is 4.74 Å². The van der Waals surface area contributed by atoms with Crippen LogP contribution in [0, 0.1) is 0 Å². The van der Waals surface area contributed by atoms with E-state index in [0.717, 1.165) is 10.8 Å². The average molecular weight is 359 g/mol. The van der Waals surface area contributed by atoms with E-state index in [-0.39, 0.29) is 11.2 Å². The third-order valence-electron chi connectivity index (χ3n) is 4.40. The number of hydrogen-bond acceptors (Lipinski definition) is 4. The fraction of sp³-hybridized carbons (Fsp3) is 0.474. The van der Waals surface area contributed by atoms with Gasteiger partial charge < -0.3 is 9.64 Å². The van der Waals surface area contributed by atoms with Gasteiger partial charge in [0.05, 0.1) is 18.5 Å². The molecule has 1 aliphatic rings. The van der Waals surface area contributed by atoms with Gasteiger partial charge in [-0.05, 0) is 30.5 Å². The molecule has 1 aliphatic heterocycles. The highest BCUT2D eigenvalue weighted by molar-refractivity contribution is 8.00. The predicted molar refractivity (Wildman–Crippen MR) is 100 cm³/mol. The molecule has 6 heteroatoms. The van der Waals surface area contributed by atoms with Gasteiger partial charge in [-0.25, -0.2) is 4.98 Å². The van der Waals surface area contributed by atoms with Crippen molar-refractivity contribution < 1.29 is 9.53 Å². The second-order valence-electron chi connectivity index (χ2n) is 6.52. The first-order valence-corrected chi connectivity index (χ1v) is 9.61. The number of carbonyl (C=O) groups is 1. The Bertz CT molecular complexity index is 706. The Hall–Kier alpha value is -1.79. The minimum absolute atomic E-state index is 0.151. The molecular weight excluding hydrogens is 334 g/mol. The molecular formula is C19H25N3O2S. The van der Waals surface area contributed by atoms with Crippen LogP contribution in [0.5, 0.6) is 0 Å². The molecule has 2 aromatic rings. The van der Waals surface area contributed by atoms with E-state index in [0.29, 0.717) is 32.2 Å². The molecule has 1 fully saturated rings. The van der Waals surface area contributed by atoms with Gasteiger partial charge >= 0.3 is 0 Å². The predicted octanol–water partition coefficient (Wildman–Crippen LogP) is 3.34. The minimum atomic E-state index is -0.172. The zero-order valence-electron chi connectivity index (χ0n) is 15.0. The molecule has 25 heavy (non-hydrogen) atoms. The summed E-state index contributed by atoms with van der Waals surface area (Å²) in [5.74, 6) is 0.662. The molecule has 5 nitrogen and oxygen atoms in total. The molecule has 0 N–H and O–H groups in total. The van der Waals surface area contributed by atoms with Crippen LogP contribution in [-0.2, 0) is 9.53 Å². The summed E-state index contributed by atoms with van der Waals surface area (Å²) in [7, 11) is 0. The Balaban J connectivity index is 1.71. The number of ether oxygens (including phenoxy) is 1. The van der Waals surface area contributed by atoms with Crippen molar-refractivity contribution in [2.45, 2.75) is 37.1 Å². The first kappa shape index (κ1) is 18.0. The number of thioether (sulfide) groups is 1. The summed E-state index contributed by atoms with van der Waals surface area (Å²) in [5.41, 5.74) is 2.38. The number of imidazole rings is 1. The number of hydrogen-bond donors (Lipinski definition) is 0. The van der Waals surface area contributed by atoms with Gasteiger partial charge in [-0.15, -0.1) is 0 Å². The van der Waals surface area contributed by atoms with E-state index >= 15 is 0 Å².